The number of nitrogens with zero attached hydrogens (tertiary/aromatic N) is 9. The molecule has 0 unspecified atom stereocenters. The molecule has 0 spiro atoms. The van der Waals surface area contributed by atoms with Crippen LogP contribution >= 0.6 is 0 Å². The molecule has 1 aromatic heterocycles. The van der Waals surface area contributed by atoms with Gasteiger partial charge in [0.15, 0.2) is 0 Å². The Bertz CT molecular complexity index is 1500. The highest BCUT2D eigenvalue weighted by molar-refractivity contribution is 5.49. The van der Waals surface area contributed by atoms with Gasteiger partial charge in [-0.2, -0.15) is 15.0 Å². The van der Waals surface area contributed by atoms with Crippen molar-refractivity contribution in [2.75, 3.05) is 55.5 Å². The molecule has 0 atom stereocenters. The lowest BCUT2D eigenvalue weighted by Gasteiger charge is -2.56. The van der Waals surface area contributed by atoms with Crippen LogP contribution < -0.4 is 14.7 Å². The van der Waals surface area contributed by atoms with E-state index in [2.05, 4.69) is 154 Å². The van der Waals surface area contributed by atoms with Crippen molar-refractivity contribution >= 4 is 17.8 Å². The second-order valence-corrected chi connectivity index (χ2v) is 30.1. The Kier molecular flexibility index (Phi) is 29.1. The SMILES string of the molecule is CCCCCCCCCCCCN(c1nc(N(CCCCCCCCCCCC)C2CC(C)(C)N(C)C(C)(C)C2)nc(N(CCCCCCCCCCCC)C2CC(C)(C)N(C)C(C)(C)C2)n1)C1CC(C)(C)N(C)C(C)(C)C1. The van der Waals surface area contributed by atoms with Gasteiger partial charge in [-0.1, -0.05) is 194 Å². The Hall–Kier alpha value is -1.71. The van der Waals surface area contributed by atoms with E-state index in [1.807, 2.05) is 0 Å². The summed E-state index contributed by atoms with van der Waals surface area (Å²) in [6.07, 6.45) is 46.8. The fourth-order valence-electron chi connectivity index (χ4n) is 15.0. The first-order valence-corrected chi connectivity index (χ1v) is 34.1. The Morgan fingerprint density at radius 1 is 0.282 bits per heavy atom. The van der Waals surface area contributed by atoms with Gasteiger partial charge in [-0.05, 0) is 162 Å². The molecule has 3 saturated heterocycles. The molecule has 0 amide bonds. The van der Waals surface area contributed by atoms with Crippen LogP contribution in [0.3, 0.4) is 0 Å². The topological polar surface area (TPSA) is 58.1 Å². The van der Waals surface area contributed by atoms with E-state index >= 15 is 0 Å². The molecule has 4 heterocycles. The maximum absolute atomic E-state index is 5.96. The van der Waals surface area contributed by atoms with E-state index < -0.39 is 0 Å². The number of hydrogen-bond donors (Lipinski definition) is 0. The summed E-state index contributed by atoms with van der Waals surface area (Å²) in [6.45, 7) is 39.8. The molecule has 3 fully saturated rings. The highest BCUT2D eigenvalue weighted by atomic mass is 15.4. The first-order valence-electron chi connectivity index (χ1n) is 34.1. The van der Waals surface area contributed by atoms with Crippen LogP contribution in [0.4, 0.5) is 17.8 Å². The third-order valence-electron chi connectivity index (χ3n) is 20.8. The molecule has 3 aliphatic heterocycles. The number of likely N-dealkylation sites (tertiary alicyclic amines) is 3. The largest absolute Gasteiger partial charge is 0.338 e. The van der Waals surface area contributed by atoms with Gasteiger partial charge in [0.25, 0.3) is 0 Å². The zero-order chi connectivity index (χ0) is 57.6. The summed E-state index contributed by atoms with van der Waals surface area (Å²) >= 11 is 0. The van der Waals surface area contributed by atoms with Gasteiger partial charge < -0.3 is 14.7 Å². The van der Waals surface area contributed by atoms with E-state index in [1.165, 1.54) is 193 Å². The molecule has 9 heteroatoms. The van der Waals surface area contributed by atoms with E-state index in [1.54, 1.807) is 0 Å². The van der Waals surface area contributed by atoms with Crippen LogP contribution in [0.2, 0.25) is 0 Å². The Balaban J connectivity index is 1.86. The molecule has 0 N–H and O–H groups in total. The molecule has 9 nitrogen and oxygen atoms in total. The molecule has 0 aromatic carbocycles. The summed E-state index contributed by atoms with van der Waals surface area (Å²) < 4.78 is 0. The number of hydrogen-bond acceptors (Lipinski definition) is 9. The van der Waals surface area contributed by atoms with Crippen molar-refractivity contribution in [2.45, 2.75) is 386 Å². The van der Waals surface area contributed by atoms with E-state index in [9.17, 15) is 0 Å². The van der Waals surface area contributed by atoms with Crippen LogP contribution in [0.15, 0.2) is 0 Å². The van der Waals surface area contributed by atoms with Crippen LogP contribution in [0.25, 0.3) is 0 Å². The maximum Gasteiger partial charge on any atom is 0.232 e. The summed E-state index contributed by atoms with van der Waals surface area (Å²) in [5, 5.41) is 0. The maximum atomic E-state index is 5.96. The van der Waals surface area contributed by atoms with Crippen LogP contribution in [0.5, 0.6) is 0 Å². The smallest absolute Gasteiger partial charge is 0.232 e. The van der Waals surface area contributed by atoms with Crippen molar-refractivity contribution in [3.05, 3.63) is 0 Å². The van der Waals surface area contributed by atoms with Crippen molar-refractivity contribution in [3.8, 4) is 0 Å². The number of anilines is 3. The standard InChI is InChI=1S/C69H135N9/c1-19-22-25-28-31-34-37-40-43-46-49-76(58-52-64(4,5)73(16)65(6,7)53-58)61-70-62(77(50-47-44-41-38-35-32-29-26-23-20-2)59-54-66(8,9)74(17)67(10,11)55-59)72-63(71-61)78(51-48-45-42-39-36-33-30-27-24-21-3)60-56-68(12,13)75(18)69(14,15)57-60/h58-60H,19-57H2,1-18H3. The predicted molar refractivity (Wildman–Crippen MR) is 344 cm³/mol. The van der Waals surface area contributed by atoms with Crippen molar-refractivity contribution in [2.24, 2.45) is 0 Å². The average Bonchev–Trinajstić information content (AvgIpc) is 3.48. The highest BCUT2D eigenvalue weighted by Crippen LogP contribution is 2.44. The Morgan fingerprint density at radius 2 is 0.436 bits per heavy atom. The number of rotatable bonds is 39. The molecule has 456 valence electrons. The van der Waals surface area contributed by atoms with Crippen LogP contribution in [0.1, 0.15) is 335 Å². The van der Waals surface area contributed by atoms with E-state index in [0.717, 1.165) is 76.0 Å². The van der Waals surface area contributed by atoms with Crippen molar-refractivity contribution in [1.82, 2.24) is 29.7 Å². The summed E-state index contributed by atoms with van der Waals surface area (Å²) in [7, 11) is 7.11. The van der Waals surface area contributed by atoms with Crippen LogP contribution in [-0.2, 0) is 0 Å². The zero-order valence-electron chi connectivity index (χ0n) is 55.8. The third kappa shape index (κ3) is 21.5. The van der Waals surface area contributed by atoms with Gasteiger partial charge in [0.1, 0.15) is 0 Å². The molecule has 0 saturated carbocycles. The van der Waals surface area contributed by atoms with Gasteiger partial charge in [-0.3, -0.25) is 14.7 Å². The summed E-state index contributed by atoms with van der Waals surface area (Å²) in [6, 6.07) is 1.00. The molecular weight excluding hydrogens is 955 g/mol. The van der Waals surface area contributed by atoms with Gasteiger partial charge in [0.05, 0.1) is 0 Å². The minimum Gasteiger partial charge on any atom is -0.338 e. The van der Waals surface area contributed by atoms with Gasteiger partial charge in [-0.25, -0.2) is 0 Å². The molecule has 0 radical (unpaired) electrons. The molecule has 3 aliphatic rings. The number of aromatic nitrogens is 3. The second kappa shape index (κ2) is 33.0. The van der Waals surface area contributed by atoms with Crippen LogP contribution in [0, 0.1) is 0 Å². The third-order valence-corrected chi connectivity index (χ3v) is 20.8. The van der Waals surface area contributed by atoms with Crippen LogP contribution in [-0.4, -0.2) is 122 Å². The fraction of sp³-hybridized carbons (Fsp3) is 0.957. The van der Waals surface area contributed by atoms with Gasteiger partial charge in [-0.15, -0.1) is 0 Å². The normalized spacial score (nSPS) is 20.8. The number of piperidine rings is 3. The minimum atomic E-state index is 0.0425. The lowest BCUT2D eigenvalue weighted by Crippen LogP contribution is -2.63. The minimum absolute atomic E-state index is 0.0425. The van der Waals surface area contributed by atoms with Crippen molar-refractivity contribution in [1.29, 1.82) is 0 Å². The van der Waals surface area contributed by atoms with E-state index in [4.69, 9.17) is 15.0 Å². The average molecular weight is 1090 g/mol. The monoisotopic (exact) mass is 1090 g/mol. The second-order valence-electron chi connectivity index (χ2n) is 30.1. The first kappa shape index (κ1) is 68.8. The first-order chi connectivity index (χ1) is 36.8. The van der Waals surface area contributed by atoms with E-state index in [0.29, 0.717) is 18.1 Å². The molecule has 0 bridgehead atoms. The zero-order valence-corrected chi connectivity index (χ0v) is 55.8. The lowest BCUT2D eigenvalue weighted by molar-refractivity contribution is -0.0130. The van der Waals surface area contributed by atoms with Gasteiger partial charge in [0.2, 0.25) is 17.8 Å². The van der Waals surface area contributed by atoms with Crippen molar-refractivity contribution in [3.63, 3.8) is 0 Å². The van der Waals surface area contributed by atoms with Gasteiger partial charge >= 0.3 is 0 Å². The quantitative estimate of drug-likeness (QED) is 0.0600. The molecule has 4 rings (SSSR count). The lowest BCUT2D eigenvalue weighted by atomic mass is 9.77. The summed E-state index contributed by atoms with van der Waals surface area (Å²) in [5.74, 6) is 2.85. The molecule has 0 aliphatic carbocycles. The van der Waals surface area contributed by atoms with Crippen molar-refractivity contribution < 1.29 is 0 Å². The molecule has 1 aromatic rings. The molecular formula is C69H135N9. The Morgan fingerprint density at radius 3 is 0.603 bits per heavy atom. The highest BCUT2D eigenvalue weighted by Gasteiger charge is 2.49. The fourth-order valence-corrected chi connectivity index (χ4v) is 15.0. The van der Waals surface area contributed by atoms with E-state index in [-0.39, 0.29) is 33.2 Å². The summed E-state index contributed by atoms with van der Waals surface area (Å²) in [4.78, 5) is 34.2. The van der Waals surface area contributed by atoms with Gasteiger partial charge in [0, 0.05) is 71.0 Å². The number of unbranched alkanes of at least 4 members (excludes halogenated alkanes) is 27. The summed E-state index contributed by atoms with van der Waals surface area (Å²) in [5.41, 5.74) is 0.255. The molecule has 78 heavy (non-hydrogen) atoms. The Labute approximate surface area is 487 Å². The predicted octanol–water partition coefficient (Wildman–Crippen LogP) is 19.0.